The highest BCUT2D eigenvalue weighted by molar-refractivity contribution is 4.98. The molecule has 0 unspecified atom stereocenters. The Morgan fingerprint density at radius 3 is 1.30 bits per heavy atom. The van der Waals surface area contributed by atoms with Gasteiger partial charge in [0.05, 0.1) is 0 Å². The van der Waals surface area contributed by atoms with E-state index in [1.807, 2.05) is 0 Å². The van der Waals surface area contributed by atoms with Crippen molar-refractivity contribution in [1.29, 1.82) is 0 Å². The maximum atomic E-state index is 3.42. The lowest BCUT2D eigenvalue weighted by Gasteiger charge is -2.03. The molecule has 0 nitrogen and oxygen atoms in total. The quantitative estimate of drug-likeness (QED) is 0.421. The Bertz CT molecular complexity index is 246. The number of hydrogen-bond donors (Lipinski definition) is 0. The lowest BCUT2D eigenvalue weighted by Crippen LogP contribution is -1.84. The molecule has 0 atom stereocenters. The van der Waals surface area contributed by atoms with Gasteiger partial charge in [0.25, 0.3) is 0 Å². The summed E-state index contributed by atoms with van der Waals surface area (Å²) in [5.74, 6) is 0. The Labute approximate surface area is 146 Å². The second kappa shape index (κ2) is 17.8. The van der Waals surface area contributed by atoms with Crippen LogP contribution in [0.15, 0.2) is 18.2 Å². The van der Waals surface area contributed by atoms with E-state index >= 15 is 0 Å². The van der Waals surface area contributed by atoms with Gasteiger partial charge in [-0.1, -0.05) is 115 Å². The minimum atomic E-state index is 1.14. The summed E-state index contributed by atoms with van der Waals surface area (Å²) in [5.41, 5.74) is 0. The molecule has 0 amide bonds. The minimum absolute atomic E-state index is 1.14. The van der Waals surface area contributed by atoms with E-state index in [-0.39, 0.29) is 0 Å². The van der Waals surface area contributed by atoms with E-state index in [2.05, 4.69) is 24.3 Å². The number of hydrogen-bond acceptors (Lipinski definition) is 0. The summed E-state index contributed by atoms with van der Waals surface area (Å²) in [6.45, 7) is 0. The molecule has 133 valence electrons. The second-order valence-corrected chi connectivity index (χ2v) is 7.35. The summed E-state index contributed by atoms with van der Waals surface area (Å²) in [6, 6.07) is 0. The average molecular weight is 318 g/mol. The molecule has 0 bridgehead atoms. The standard InChI is InChI=1S/C23H41/c1-2-4-6-8-10-12-14-16-18-20-22-23-21-19-17-15-13-11-9-7-5-3-1/h1-3H,4,6-23H2/b2-1+,5-3?. The van der Waals surface area contributed by atoms with Gasteiger partial charge in [0.1, 0.15) is 0 Å². The van der Waals surface area contributed by atoms with Crippen LogP contribution in [0.1, 0.15) is 122 Å². The molecule has 0 saturated heterocycles. The van der Waals surface area contributed by atoms with Gasteiger partial charge in [0.15, 0.2) is 0 Å². The van der Waals surface area contributed by atoms with Gasteiger partial charge in [-0.3, -0.25) is 0 Å². The zero-order valence-corrected chi connectivity index (χ0v) is 15.7. The first-order chi connectivity index (χ1) is 11.5. The SMILES string of the molecule is [C]1=C/C=C/CCCCCCCCCCCCCCCCCCC/1. The van der Waals surface area contributed by atoms with Crippen molar-refractivity contribution in [3.05, 3.63) is 24.3 Å². The van der Waals surface area contributed by atoms with Crippen LogP contribution in [-0.2, 0) is 0 Å². The zero-order chi connectivity index (χ0) is 16.3. The summed E-state index contributed by atoms with van der Waals surface area (Å²) < 4.78 is 0. The van der Waals surface area contributed by atoms with Crippen molar-refractivity contribution in [2.24, 2.45) is 0 Å². The molecule has 0 heterocycles. The van der Waals surface area contributed by atoms with Crippen molar-refractivity contribution in [2.45, 2.75) is 122 Å². The smallest absolute Gasteiger partial charge is 0.0276 e. The predicted octanol–water partition coefficient (Wildman–Crippen LogP) is 8.33. The predicted molar refractivity (Wildman–Crippen MR) is 105 cm³/mol. The van der Waals surface area contributed by atoms with Crippen LogP contribution < -0.4 is 0 Å². The fourth-order valence-corrected chi connectivity index (χ4v) is 3.46. The molecule has 0 saturated carbocycles. The van der Waals surface area contributed by atoms with Crippen LogP contribution >= 0.6 is 0 Å². The molecular formula is C23H41. The molecule has 1 aliphatic carbocycles. The average Bonchev–Trinajstić information content (AvgIpc) is 2.56. The maximum Gasteiger partial charge on any atom is -0.0276 e. The van der Waals surface area contributed by atoms with Crippen molar-refractivity contribution in [3.63, 3.8) is 0 Å². The van der Waals surface area contributed by atoms with Crippen LogP contribution in [0.3, 0.4) is 0 Å². The molecule has 0 heteroatoms. The molecule has 0 fully saturated rings. The van der Waals surface area contributed by atoms with Gasteiger partial charge in [0.2, 0.25) is 0 Å². The number of allylic oxidation sites excluding steroid dienone is 4. The highest BCUT2D eigenvalue weighted by Gasteiger charge is 1.95. The van der Waals surface area contributed by atoms with Crippen molar-refractivity contribution < 1.29 is 0 Å². The molecule has 1 aliphatic rings. The molecule has 0 spiro atoms. The van der Waals surface area contributed by atoms with E-state index in [1.54, 1.807) is 0 Å². The lowest BCUT2D eigenvalue weighted by atomic mass is 10.0. The highest BCUT2D eigenvalue weighted by atomic mass is 14.0. The monoisotopic (exact) mass is 317 g/mol. The number of rotatable bonds is 0. The first kappa shape index (κ1) is 20.5. The van der Waals surface area contributed by atoms with Gasteiger partial charge in [0, 0.05) is 0 Å². The molecule has 0 aliphatic heterocycles. The van der Waals surface area contributed by atoms with Crippen LogP contribution in [0.2, 0.25) is 0 Å². The van der Waals surface area contributed by atoms with Gasteiger partial charge in [-0.05, 0) is 31.8 Å². The third-order valence-electron chi connectivity index (χ3n) is 5.04. The van der Waals surface area contributed by atoms with Crippen molar-refractivity contribution in [3.8, 4) is 0 Å². The van der Waals surface area contributed by atoms with Gasteiger partial charge < -0.3 is 0 Å². The van der Waals surface area contributed by atoms with Crippen LogP contribution in [0.25, 0.3) is 0 Å². The summed E-state index contributed by atoms with van der Waals surface area (Å²) in [5, 5.41) is 0. The Morgan fingerprint density at radius 1 is 0.435 bits per heavy atom. The zero-order valence-electron chi connectivity index (χ0n) is 15.7. The van der Waals surface area contributed by atoms with E-state index in [9.17, 15) is 0 Å². The molecule has 0 aromatic heterocycles. The first-order valence-corrected chi connectivity index (χ1v) is 10.7. The fraction of sp³-hybridized carbons (Fsp3) is 0.826. The van der Waals surface area contributed by atoms with E-state index in [0.717, 1.165) is 6.42 Å². The summed E-state index contributed by atoms with van der Waals surface area (Å²) in [6.07, 6.45) is 37.0. The Balaban J connectivity index is 2.10. The molecule has 1 rings (SSSR count). The molecule has 0 N–H and O–H groups in total. The van der Waals surface area contributed by atoms with Gasteiger partial charge in [-0.2, -0.15) is 0 Å². The Kier molecular flexibility index (Phi) is 15.9. The largest absolute Gasteiger partial charge is 0.0845 e. The highest BCUT2D eigenvalue weighted by Crippen LogP contribution is 2.14. The molecule has 1 radical (unpaired) electrons. The van der Waals surface area contributed by atoms with Crippen molar-refractivity contribution in [2.75, 3.05) is 0 Å². The summed E-state index contributed by atoms with van der Waals surface area (Å²) in [7, 11) is 0. The van der Waals surface area contributed by atoms with E-state index in [0.29, 0.717) is 0 Å². The van der Waals surface area contributed by atoms with Crippen molar-refractivity contribution >= 4 is 0 Å². The summed E-state index contributed by atoms with van der Waals surface area (Å²) in [4.78, 5) is 0. The minimum Gasteiger partial charge on any atom is -0.0845 e. The van der Waals surface area contributed by atoms with E-state index < -0.39 is 0 Å². The van der Waals surface area contributed by atoms with Crippen molar-refractivity contribution in [1.82, 2.24) is 0 Å². The van der Waals surface area contributed by atoms with Gasteiger partial charge in [-0.15, -0.1) is 0 Å². The molecule has 0 aromatic carbocycles. The third kappa shape index (κ3) is 16.1. The fourth-order valence-electron chi connectivity index (χ4n) is 3.46. The van der Waals surface area contributed by atoms with Crippen LogP contribution in [0, 0.1) is 6.08 Å². The van der Waals surface area contributed by atoms with E-state index in [1.165, 1.54) is 116 Å². The van der Waals surface area contributed by atoms with Crippen LogP contribution in [-0.4, -0.2) is 0 Å². The summed E-state index contributed by atoms with van der Waals surface area (Å²) >= 11 is 0. The topological polar surface area (TPSA) is 0 Å². The second-order valence-electron chi connectivity index (χ2n) is 7.35. The molecule has 0 aromatic rings. The molecule has 23 heavy (non-hydrogen) atoms. The van der Waals surface area contributed by atoms with Gasteiger partial charge >= 0.3 is 0 Å². The Morgan fingerprint density at radius 2 is 0.826 bits per heavy atom. The maximum absolute atomic E-state index is 3.42. The van der Waals surface area contributed by atoms with Gasteiger partial charge in [-0.25, -0.2) is 0 Å². The first-order valence-electron chi connectivity index (χ1n) is 10.7. The Hall–Kier alpha value is -0.520. The lowest BCUT2D eigenvalue weighted by molar-refractivity contribution is 0.526. The molecular weight excluding hydrogens is 276 g/mol. The van der Waals surface area contributed by atoms with E-state index in [4.69, 9.17) is 0 Å². The third-order valence-corrected chi connectivity index (χ3v) is 5.04. The normalized spacial score (nSPS) is 25.4. The van der Waals surface area contributed by atoms with Crippen LogP contribution in [0.4, 0.5) is 0 Å². The van der Waals surface area contributed by atoms with Crippen LogP contribution in [0.5, 0.6) is 0 Å².